The molecule has 1 heterocycles. The summed E-state index contributed by atoms with van der Waals surface area (Å²) < 4.78 is 1.85. The molecule has 2 N–H and O–H groups in total. The summed E-state index contributed by atoms with van der Waals surface area (Å²) in [6, 6.07) is 26.4. The molecule has 172 valence electrons. The molecule has 0 saturated carbocycles. The van der Waals surface area contributed by atoms with Gasteiger partial charge in [-0.15, -0.1) is 0 Å². The van der Waals surface area contributed by atoms with E-state index in [9.17, 15) is 9.59 Å². The van der Waals surface area contributed by atoms with Crippen LogP contribution in [-0.4, -0.2) is 28.8 Å². The summed E-state index contributed by atoms with van der Waals surface area (Å²) in [5.74, 6) is -0.00145. The number of aromatic nitrogens is 2. The van der Waals surface area contributed by atoms with Gasteiger partial charge in [0.1, 0.15) is 0 Å². The fourth-order valence-electron chi connectivity index (χ4n) is 3.60. The lowest BCUT2D eigenvalue weighted by molar-refractivity contribution is -0.117. The third-order valence-corrected chi connectivity index (χ3v) is 5.53. The van der Waals surface area contributed by atoms with Crippen LogP contribution in [0.2, 0.25) is 0 Å². The molecule has 0 atom stereocenters. The first-order chi connectivity index (χ1) is 16.6. The summed E-state index contributed by atoms with van der Waals surface area (Å²) in [7, 11) is 1.77. The Morgan fingerprint density at radius 2 is 1.59 bits per heavy atom. The fourth-order valence-corrected chi connectivity index (χ4v) is 3.60. The molecular weight excluding hydrogens is 426 g/mol. The summed E-state index contributed by atoms with van der Waals surface area (Å²) in [5, 5.41) is 10.00. The van der Waals surface area contributed by atoms with E-state index in [1.54, 1.807) is 30.3 Å². The first-order valence-electron chi connectivity index (χ1n) is 11.1. The largest absolute Gasteiger partial charge is 0.334 e. The zero-order valence-electron chi connectivity index (χ0n) is 19.0. The van der Waals surface area contributed by atoms with Crippen molar-refractivity contribution in [2.45, 2.75) is 19.5 Å². The molecule has 0 saturated heterocycles. The van der Waals surface area contributed by atoms with E-state index in [1.165, 1.54) is 0 Å². The Bertz CT molecular complexity index is 1220. The lowest BCUT2D eigenvalue weighted by Crippen LogP contribution is -2.29. The number of carbonyl (C=O) groups excluding carboxylic acids is 2. The molecule has 3 aromatic carbocycles. The maximum atomic E-state index is 12.6. The minimum Gasteiger partial charge on any atom is -0.334 e. The number of hydrogen-bond donors (Lipinski definition) is 2. The highest BCUT2D eigenvalue weighted by Gasteiger charge is 2.12. The lowest BCUT2D eigenvalue weighted by atomic mass is 10.1. The number of anilines is 2. The van der Waals surface area contributed by atoms with Crippen LogP contribution in [0.3, 0.4) is 0 Å². The van der Waals surface area contributed by atoms with Crippen molar-refractivity contribution < 1.29 is 9.59 Å². The van der Waals surface area contributed by atoms with E-state index in [0.29, 0.717) is 18.8 Å². The Morgan fingerprint density at radius 1 is 0.882 bits per heavy atom. The number of para-hydroxylation sites is 1. The highest BCUT2D eigenvalue weighted by molar-refractivity contribution is 5.94. The van der Waals surface area contributed by atoms with Crippen molar-refractivity contribution in [3.8, 4) is 0 Å². The molecule has 0 radical (unpaired) electrons. The maximum absolute atomic E-state index is 12.6. The average Bonchev–Trinajstić information content (AvgIpc) is 3.38. The van der Waals surface area contributed by atoms with Gasteiger partial charge in [-0.1, -0.05) is 54.6 Å². The number of urea groups is 1. The van der Waals surface area contributed by atoms with Crippen molar-refractivity contribution in [3.63, 3.8) is 0 Å². The van der Waals surface area contributed by atoms with E-state index in [2.05, 4.69) is 15.7 Å². The predicted molar refractivity (Wildman–Crippen MR) is 134 cm³/mol. The lowest BCUT2D eigenvalue weighted by Gasteiger charge is -2.17. The van der Waals surface area contributed by atoms with Crippen LogP contribution in [0.5, 0.6) is 0 Å². The number of hydrogen-bond acceptors (Lipinski definition) is 3. The third kappa shape index (κ3) is 6.10. The van der Waals surface area contributed by atoms with Crippen LogP contribution < -0.4 is 15.5 Å². The third-order valence-electron chi connectivity index (χ3n) is 5.53. The Morgan fingerprint density at radius 3 is 2.29 bits per heavy atom. The molecule has 34 heavy (non-hydrogen) atoms. The Balaban J connectivity index is 1.28. The summed E-state index contributed by atoms with van der Waals surface area (Å²) in [6.07, 6.45) is 3.94. The number of benzene rings is 3. The molecule has 7 heteroatoms. The Labute approximate surface area is 199 Å². The minimum atomic E-state index is -0.290. The monoisotopic (exact) mass is 453 g/mol. The standard InChI is InChI=1S/C27H27N5O2/c1-31(25-10-3-2-4-11-25)26(33)18-21-12-14-24(15-13-21)30-27(34)28-19-22-8-5-6-9-23(22)20-32-17-7-16-29-32/h2-17H,18-20H2,1H3,(H2,28,30,34). The summed E-state index contributed by atoms with van der Waals surface area (Å²) in [5.41, 5.74) is 4.53. The molecule has 4 aromatic rings. The van der Waals surface area contributed by atoms with Gasteiger partial charge in [0.2, 0.25) is 5.91 Å². The van der Waals surface area contributed by atoms with Gasteiger partial charge >= 0.3 is 6.03 Å². The van der Waals surface area contributed by atoms with Crippen molar-refractivity contribution >= 4 is 23.3 Å². The topological polar surface area (TPSA) is 79.3 Å². The average molecular weight is 454 g/mol. The Kier molecular flexibility index (Phi) is 7.35. The van der Waals surface area contributed by atoms with E-state index < -0.39 is 0 Å². The van der Waals surface area contributed by atoms with Crippen LogP contribution in [-0.2, 0) is 24.3 Å². The number of amides is 3. The van der Waals surface area contributed by atoms with E-state index in [-0.39, 0.29) is 18.4 Å². The molecule has 0 unspecified atom stereocenters. The van der Waals surface area contributed by atoms with Gasteiger partial charge in [-0.25, -0.2) is 4.79 Å². The molecule has 0 aliphatic carbocycles. The number of rotatable bonds is 8. The smallest absolute Gasteiger partial charge is 0.319 e. The molecule has 7 nitrogen and oxygen atoms in total. The van der Waals surface area contributed by atoms with Crippen molar-refractivity contribution in [2.75, 3.05) is 17.3 Å². The molecule has 3 amide bonds. The van der Waals surface area contributed by atoms with E-state index in [4.69, 9.17) is 0 Å². The summed E-state index contributed by atoms with van der Waals surface area (Å²) in [6.45, 7) is 1.05. The zero-order chi connectivity index (χ0) is 23.8. The molecule has 0 bridgehead atoms. The highest BCUT2D eigenvalue weighted by Crippen LogP contribution is 2.15. The van der Waals surface area contributed by atoms with Gasteiger partial charge in [-0.05, 0) is 47.0 Å². The van der Waals surface area contributed by atoms with Crippen LogP contribution in [0.4, 0.5) is 16.2 Å². The van der Waals surface area contributed by atoms with Gasteiger partial charge in [0, 0.05) is 37.4 Å². The minimum absolute atomic E-state index is 0.00145. The van der Waals surface area contributed by atoms with Crippen LogP contribution in [0.15, 0.2) is 97.3 Å². The van der Waals surface area contributed by atoms with Crippen molar-refractivity contribution in [2.24, 2.45) is 0 Å². The molecular formula is C27H27N5O2. The van der Waals surface area contributed by atoms with Gasteiger partial charge in [0.25, 0.3) is 0 Å². The summed E-state index contributed by atoms with van der Waals surface area (Å²) >= 11 is 0. The SMILES string of the molecule is CN(C(=O)Cc1ccc(NC(=O)NCc2ccccc2Cn2cccn2)cc1)c1ccccc1. The van der Waals surface area contributed by atoms with Crippen LogP contribution in [0.1, 0.15) is 16.7 Å². The maximum Gasteiger partial charge on any atom is 0.319 e. The van der Waals surface area contributed by atoms with Gasteiger partial charge in [-0.3, -0.25) is 9.48 Å². The van der Waals surface area contributed by atoms with Gasteiger partial charge in [0.05, 0.1) is 13.0 Å². The normalized spacial score (nSPS) is 10.5. The number of carbonyl (C=O) groups is 2. The molecule has 0 aliphatic heterocycles. The molecule has 1 aromatic heterocycles. The Hall–Kier alpha value is -4.39. The number of nitrogens with one attached hydrogen (secondary N) is 2. The number of nitrogens with zero attached hydrogens (tertiary/aromatic N) is 3. The highest BCUT2D eigenvalue weighted by atomic mass is 16.2. The number of likely N-dealkylation sites (N-methyl/N-ethyl adjacent to an activating group) is 1. The van der Waals surface area contributed by atoms with Gasteiger partial charge < -0.3 is 15.5 Å². The predicted octanol–water partition coefficient (Wildman–Crippen LogP) is 4.46. The zero-order valence-corrected chi connectivity index (χ0v) is 19.0. The molecule has 0 fully saturated rings. The van der Waals surface area contributed by atoms with E-state index >= 15 is 0 Å². The van der Waals surface area contributed by atoms with Crippen LogP contribution in [0.25, 0.3) is 0 Å². The second-order valence-corrected chi connectivity index (χ2v) is 7.94. The van der Waals surface area contributed by atoms with Crippen molar-refractivity contribution in [1.29, 1.82) is 0 Å². The van der Waals surface area contributed by atoms with Crippen LogP contribution >= 0.6 is 0 Å². The van der Waals surface area contributed by atoms with Crippen molar-refractivity contribution in [3.05, 3.63) is 114 Å². The summed E-state index contributed by atoms with van der Waals surface area (Å²) in [4.78, 5) is 26.6. The first kappa shape index (κ1) is 22.8. The van der Waals surface area contributed by atoms with Gasteiger partial charge in [0.15, 0.2) is 0 Å². The molecule has 0 aliphatic rings. The molecule has 0 spiro atoms. The fraction of sp³-hybridized carbons (Fsp3) is 0.148. The molecule has 4 rings (SSSR count). The van der Waals surface area contributed by atoms with E-state index in [1.807, 2.05) is 83.7 Å². The second-order valence-electron chi connectivity index (χ2n) is 7.94. The van der Waals surface area contributed by atoms with E-state index in [0.717, 1.165) is 22.4 Å². The van der Waals surface area contributed by atoms with Crippen molar-refractivity contribution in [1.82, 2.24) is 15.1 Å². The second kappa shape index (κ2) is 11.0. The van der Waals surface area contributed by atoms with Crippen LogP contribution in [0, 0.1) is 0 Å². The van der Waals surface area contributed by atoms with Gasteiger partial charge in [-0.2, -0.15) is 5.10 Å². The first-order valence-corrected chi connectivity index (χ1v) is 11.1. The quantitative estimate of drug-likeness (QED) is 0.413.